The molecule has 0 N–H and O–H groups in total. The highest BCUT2D eigenvalue weighted by Crippen LogP contribution is 2.49. The molecule has 0 radical (unpaired) electrons. The van der Waals surface area contributed by atoms with E-state index in [2.05, 4.69) is 42.5 Å². The fourth-order valence-corrected chi connectivity index (χ4v) is 4.95. The van der Waals surface area contributed by atoms with Gasteiger partial charge in [0.25, 0.3) is 0 Å². The third-order valence-corrected chi connectivity index (χ3v) is 6.28. The van der Waals surface area contributed by atoms with E-state index >= 15 is 0 Å². The van der Waals surface area contributed by atoms with Gasteiger partial charge >= 0.3 is 0 Å². The predicted molar refractivity (Wildman–Crippen MR) is 143 cm³/mol. The van der Waals surface area contributed by atoms with Crippen LogP contribution < -0.4 is 14.2 Å². The van der Waals surface area contributed by atoms with Gasteiger partial charge in [0, 0.05) is 37.7 Å². The SMILES string of the molecule is CCOc1cc(-c2c3ccccc3c(OCC)c3cc(Cl)ccc23)c(OCC)c2ccccc12. The minimum absolute atomic E-state index is 0.559. The van der Waals surface area contributed by atoms with Gasteiger partial charge in [-0.2, -0.15) is 0 Å². The molecule has 0 bridgehead atoms. The maximum Gasteiger partial charge on any atom is 0.135 e. The maximum atomic E-state index is 6.47. The number of hydrogen-bond donors (Lipinski definition) is 0. The Morgan fingerprint density at radius 3 is 1.79 bits per heavy atom. The molecule has 0 atom stereocenters. The van der Waals surface area contributed by atoms with Crippen LogP contribution in [-0.2, 0) is 0 Å². The van der Waals surface area contributed by atoms with Crippen molar-refractivity contribution in [1.82, 2.24) is 0 Å². The zero-order valence-corrected chi connectivity index (χ0v) is 20.4. The first-order chi connectivity index (χ1) is 16.7. The van der Waals surface area contributed by atoms with Crippen molar-refractivity contribution < 1.29 is 14.2 Å². The van der Waals surface area contributed by atoms with Crippen molar-refractivity contribution in [3.05, 3.63) is 77.8 Å². The predicted octanol–water partition coefficient (Wildman–Crippen LogP) is 8.66. The summed E-state index contributed by atoms with van der Waals surface area (Å²) in [5.41, 5.74) is 2.08. The number of ether oxygens (including phenoxy) is 3. The smallest absolute Gasteiger partial charge is 0.135 e. The first kappa shape index (κ1) is 22.4. The second kappa shape index (κ2) is 9.44. The van der Waals surface area contributed by atoms with Gasteiger partial charge in [0.05, 0.1) is 19.8 Å². The minimum atomic E-state index is 0.559. The Morgan fingerprint density at radius 1 is 0.559 bits per heavy atom. The molecule has 5 rings (SSSR count). The topological polar surface area (TPSA) is 27.7 Å². The van der Waals surface area contributed by atoms with E-state index in [9.17, 15) is 0 Å². The van der Waals surface area contributed by atoms with Crippen molar-refractivity contribution in [3.8, 4) is 28.4 Å². The van der Waals surface area contributed by atoms with Gasteiger partial charge in [0.15, 0.2) is 0 Å². The van der Waals surface area contributed by atoms with Gasteiger partial charge in [0.1, 0.15) is 17.2 Å². The van der Waals surface area contributed by atoms with E-state index in [1.807, 2.05) is 51.1 Å². The van der Waals surface area contributed by atoms with Gasteiger partial charge in [-0.15, -0.1) is 0 Å². The molecular weight excluding hydrogens is 444 g/mol. The van der Waals surface area contributed by atoms with Crippen LogP contribution in [0.5, 0.6) is 17.2 Å². The third-order valence-electron chi connectivity index (χ3n) is 6.04. The highest BCUT2D eigenvalue weighted by Gasteiger charge is 2.22. The van der Waals surface area contributed by atoms with E-state index in [0.717, 1.165) is 60.7 Å². The Balaban J connectivity index is 2.00. The van der Waals surface area contributed by atoms with Crippen LogP contribution in [0.25, 0.3) is 43.4 Å². The lowest BCUT2D eigenvalue weighted by atomic mass is 9.89. The zero-order valence-electron chi connectivity index (χ0n) is 19.7. The standard InChI is InChI=1S/C30H27ClO3/c1-4-32-27-18-26(30(34-6-3)23-13-9-7-11-20(23)27)28-21-12-8-10-14-24(21)29(33-5-2)25-17-19(31)15-16-22(25)28/h7-18H,4-6H2,1-3H3. The van der Waals surface area contributed by atoms with Crippen molar-refractivity contribution in [3.63, 3.8) is 0 Å². The lowest BCUT2D eigenvalue weighted by Crippen LogP contribution is -2.01. The highest BCUT2D eigenvalue weighted by molar-refractivity contribution is 6.32. The van der Waals surface area contributed by atoms with Crippen LogP contribution in [0.4, 0.5) is 0 Å². The Labute approximate surface area is 204 Å². The molecule has 3 nitrogen and oxygen atoms in total. The largest absolute Gasteiger partial charge is 0.493 e. The summed E-state index contributed by atoms with van der Waals surface area (Å²) in [5, 5.41) is 6.93. The molecule has 5 aromatic carbocycles. The lowest BCUT2D eigenvalue weighted by molar-refractivity contribution is 0.338. The van der Waals surface area contributed by atoms with Crippen molar-refractivity contribution >= 4 is 43.9 Å². The Hall–Kier alpha value is -3.43. The molecular formula is C30H27ClO3. The van der Waals surface area contributed by atoms with Crippen molar-refractivity contribution in [2.45, 2.75) is 20.8 Å². The number of hydrogen-bond acceptors (Lipinski definition) is 3. The van der Waals surface area contributed by atoms with E-state index < -0.39 is 0 Å². The Kier molecular flexibility index (Phi) is 6.21. The molecule has 172 valence electrons. The molecule has 5 aromatic rings. The summed E-state index contributed by atoms with van der Waals surface area (Å²) < 4.78 is 18.6. The van der Waals surface area contributed by atoms with E-state index in [1.54, 1.807) is 0 Å². The van der Waals surface area contributed by atoms with Crippen LogP contribution >= 0.6 is 11.6 Å². The van der Waals surface area contributed by atoms with Gasteiger partial charge < -0.3 is 14.2 Å². The number of benzene rings is 5. The van der Waals surface area contributed by atoms with Crippen molar-refractivity contribution in [1.29, 1.82) is 0 Å². The first-order valence-corrected chi connectivity index (χ1v) is 12.1. The molecule has 0 aliphatic carbocycles. The normalized spacial score (nSPS) is 11.3. The van der Waals surface area contributed by atoms with Crippen molar-refractivity contribution in [2.75, 3.05) is 19.8 Å². The van der Waals surface area contributed by atoms with Crippen molar-refractivity contribution in [2.24, 2.45) is 0 Å². The summed E-state index contributed by atoms with van der Waals surface area (Å²) in [6.07, 6.45) is 0. The molecule has 0 unspecified atom stereocenters. The molecule has 0 saturated heterocycles. The van der Waals surface area contributed by atoms with Gasteiger partial charge in [-0.3, -0.25) is 0 Å². The first-order valence-electron chi connectivity index (χ1n) is 11.8. The molecule has 0 heterocycles. The highest BCUT2D eigenvalue weighted by atomic mass is 35.5. The zero-order chi connectivity index (χ0) is 23.7. The van der Waals surface area contributed by atoms with Crippen LogP contribution in [0, 0.1) is 0 Å². The summed E-state index contributed by atoms with van der Waals surface area (Å²) in [4.78, 5) is 0. The molecule has 4 heteroatoms. The molecule has 0 fully saturated rings. The van der Waals surface area contributed by atoms with E-state index in [-0.39, 0.29) is 0 Å². The third kappa shape index (κ3) is 3.70. The summed E-state index contributed by atoms with van der Waals surface area (Å²) in [7, 11) is 0. The number of fused-ring (bicyclic) bond motifs is 3. The molecule has 0 spiro atoms. The Bertz CT molecular complexity index is 1510. The average molecular weight is 471 g/mol. The number of halogens is 1. The van der Waals surface area contributed by atoms with Gasteiger partial charge in [0.2, 0.25) is 0 Å². The maximum absolute atomic E-state index is 6.47. The number of rotatable bonds is 7. The van der Waals surface area contributed by atoms with Crippen LogP contribution in [0.2, 0.25) is 5.02 Å². The molecule has 0 saturated carbocycles. The molecule has 0 aliphatic heterocycles. The molecule has 0 aromatic heterocycles. The minimum Gasteiger partial charge on any atom is -0.493 e. The van der Waals surface area contributed by atoms with Gasteiger partial charge in [-0.25, -0.2) is 0 Å². The van der Waals surface area contributed by atoms with Crippen LogP contribution in [0.15, 0.2) is 72.8 Å². The monoisotopic (exact) mass is 470 g/mol. The molecule has 0 aliphatic rings. The van der Waals surface area contributed by atoms with E-state index in [0.29, 0.717) is 24.8 Å². The second-order valence-corrected chi connectivity index (χ2v) is 8.47. The second-order valence-electron chi connectivity index (χ2n) is 8.04. The Morgan fingerprint density at radius 2 is 1.12 bits per heavy atom. The summed E-state index contributed by atoms with van der Waals surface area (Å²) in [6, 6.07) is 24.7. The average Bonchev–Trinajstić information content (AvgIpc) is 2.86. The van der Waals surface area contributed by atoms with E-state index in [1.165, 1.54) is 0 Å². The van der Waals surface area contributed by atoms with Gasteiger partial charge in [-0.05, 0) is 49.7 Å². The fourth-order valence-electron chi connectivity index (χ4n) is 4.78. The van der Waals surface area contributed by atoms with Gasteiger partial charge in [-0.1, -0.05) is 66.2 Å². The quantitative estimate of drug-likeness (QED) is 0.223. The summed E-state index contributed by atoms with van der Waals surface area (Å²) in [5.74, 6) is 2.55. The summed E-state index contributed by atoms with van der Waals surface area (Å²) in [6.45, 7) is 7.74. The lowest BCUT2D eigenvalue weighted by Gasteiger charge is -2.21. The summed E-state index contributed by atoms with van der Waals surface area (Å²) >= 11 is 6.47. The molecule has 0 amide bonds. The fraction of sp³-hybridized carbons (Fsp3) is 0.200. The van der Waals surface area contributed by atoms with Crippen LogP contribution in [0.3, 0.4) is 0 Å². The van der Waals surface area contributed by atoms with Crippen LogP contribution in [-0.4, -0.2) is 19.8 Å². The van der Waals surface area contributed by atoms with Crippen LogP contribution in [0.1, 0.15) is 20.8 Å². The van der Waals surface area contributed by atoms with E-state index in [4.69, 9.17) is 25.8 Å². The molecule has 34 heavy (non-hydrogen) atoms.